The molecule has 3 aromatic rings. The van der Waals surface area contributed by atoms with Crippen molar-refractivity contribution in [3.05, 3.63) is 69.9 Å². The number of amides is 1. The van der Waals surface area contributed by atoms with Gasteiger partial charge in [0.1, 0.15) is 5.82 Å². The van der Waals surface area contributed by atoms with Gasteiger partial charge in [0.15, 0.2) is 14.0 Å². The number of benzene rings is 2. The number of ether oxygens (including phenoxy) is 1. The number of carbonyl (C=O) groups is 1. The lowest BCUT2D eigenvalue weighted by molar-refractivity contribution is 0.0657. The van der Waals surface area contributed by atoms with E-state index < -0.39 is 13.9 Å². The van der Waals surface area contributed by atoms with Gasteiger partial charge in [-0.15, -0.1) is 0 Å². The first-order valence-electron chi connectivity index (χ1n) is 14.0. The number of aromatic nitrogens is 2. The largest absolute Gasteiger partial charge is 0.486 e. The molecule has 0 aliphatic carbocycles. The predicted octanol–water partition coefficient (Wildman–Crippen LogP) is 6.57. The highest BCUT2D eigenvalue weighted by molar-refractivity contribution is 6.74. The van der Waals surface area contributed by atoms with E-state index in [1.807, 2.05) is 45.0 Å². The smallest absolute Gasteiger partial charge is 0.294 e. The van der Waals surface area contributed by atoms with Gasteiger partial charge in [-0.3, -0.25) is 9.59 Å². The number of fused-ring (bicyclic) bond motifs is 1. The highest BCUT2D eigenvalue weighted by atomic mass is 28.4. The van der Waals surface area contributed by atoms with Gasteiger partial charge in [-0.1, -0.05) is 76.6 Å². The molecular formula is C31H45N3O4Si. The van der Waals surface area contributed by atoms with E-state index in [9.17, 15) is 9.59 Å². The van der Waals surface area contributed by atoms with Gasteiger partial charge in [-0.2, -0.15) is 0 Å². The fourth-order valence-corrected chi connectivity index (χ4v) is 5.20. The van der Waals surface area contributed by atoms with Crippen LogP contribution in [0, 0.1) is 0 Å². The summed E-state index contributed by atoms with van der Waals surface area (Å²) in [6.45, 7) is 18.2. The van der Waals surface area contributed by atoms with Crippen LogP contribution in [-0.4, -0.2) is 54.9 Å². The molecular weight excluding hydrogens is 506 g/mol. The molecule has 0 aliphatic rings. The Balaban J connectivity index is 1.95. The lowest BCUT2D eigenvalue weighted by Gasteiger charge is -2.37. The summed E-state index contributed by atoms with van der Waals surface area (Å²) in [5.41, 5.74) is 0.657. The third-order valence-electron chi connectivity index (χ3n) is 7.60. The zero-order valence-electron chi connectivity index (χ0n) is 24.9. The van der Waals surface area contributed by atoms with Gasteiger partial charge in [-0.05, 0) is 54.7 Å². The molecule has 1 aromatic heterocycles. The van der Waals surface area contributed by atoms with Crippen LogP contribution in [0.2, 0.25) is 18.1 Å². The minimum absolute atomic E-state index is 0.00826. The van der Waals surface area contributed by atoms with Crippen LogP contribution in [0.15, 0.2) is 47.3 Å². The molecule has 0 saturated heterocycles. The number of H-pyrrole nitrogens is 1. The van der Waals surface area contributed by atoms with Crippen LogP contribution in [0.1, 0.15) is 76.3 Å². The highest BCUT2D eigenvalue weighted by Gasteiger charge is 2.37. The van der Waals surface area contributed by atoms with Crippen molar-refractivity contribution in [1.82, 2.24) is 14.9 Å². The molecule has 1 N–H and O–H groups in total. The lowest BCUT2D eigenvalue weighted by atomic mass is 10.0. The van der Waals surface area contributed by atoms with Crippen molar-refractivity contribution in [2.24, 2.45) is 0 Å². The van der Waals surface area contributed by atoms with Gasteiger partial charge in [0.2, 0.25) is 5.75 Å². The number of unbranched alkanes of at least 4 members (excludes halogenated alkanes) is 1. The van der Waals surface area contributed by atoms with Crippen LogP contribution in [0.5, 0.6) is 5.75 Å². The third kappa shape index (κ3) is 7.57. The average molecular weight is 552 g/mol. The fraction of sp³-hybridized carbons (Fsp3) is 0.516. The Morgan fingerprint density at radius 1 is 1.08 bits per heavy atom. The second kappa shape index (κ2) is 12.9. The predicted molar refractivity (Wildman–Crippen MR) is 161 cm³/mol. The molecule has 2 aromatic carbocycles. The Bertz CT molecular complexity index is 1320. The first-order chi connectivity index (χ1) is 18.4. The normalized spacial score (nSPS) is 12.2. The Labute approximate surface area is 234 Å². The van der Waals surface area contributed by atoms with Crippen molar-refractivity contribution in [2.45, 2.75) is 85.0 Å². The first kappa shape index (κ1) is 30.6. The Hall–Kier alpha value is -2.97. The maximum atomic E-state index is 13.9. The van der Waals surface area contributed by atoms with E-state index in [4.69, 9.17) is 14.1 Å². The van der Waals surface area contributed by atoms with Crippen molar-refractivity contribution in [3.63, 3.8) is 0 Å². The SMILES string of the molecule is CCCCOc1c(C(=O)N(CCO[Si](C)(C)C(C)(C)C)C(C)C)nc(Cc2cccc3ccccc23)[nH]c1=O. The van der Waals surface area contributed by atoms with Crippen molar-refractivity contribution < 1.29 is 14.0 Å². The summed E-state index contributed by atoms with van der Waals surface area (Å²) in [7, 11) is -1.97. The zero-order valence-corrected chi connectivity index (χ0v) is 25.9. The molecule has 0 unspecified atom stereocenters. The fourth-order valence-electron chi connectivity index (χ4n) is 4.16. The van der Waals surface area contributed by atoms with E-state index in [1.165, 1.54) is 0 Å². The van der Waals surface area contributed by atoms with E-state index >= 15 is 0 Å². The number of nitrogens with one attached hydrogen (secondary N) is 1. The maximum absolute atomic E-state index is 13.9. The summed E-state index contributed by atoms with van der Waals surface area (Å²) in [5.74, 6) is 0.107. The van der Waals surface area contributed by atoms with E-state index in [1.54, 1.807) is 4.90 Å². The van der Waals surface area contributed by atoms with Gasteiger partial charge in [-0.25, -0.2) is 4.98 Å². The molecule has 39 heavy (non-hydrogen) atoms. The van der Waals surface area contributed by atoms with Crippen LogP contribution in [-0.2, 0) is 10.8 Å². The van der Waals surface area contributed by atoms with E-state index in [0.717, 1.165) is 29.2 Å². The van der Waals surface area contributed by atoms with Crippen LogP contribution in [0.3, 0.4) is 0 Å². The Morgan fingerprint density at radius 3 is 2.44 bits per heavy atom. The monoisotopic (exact) mass is 551 g/mol. The molecule has 0 aliphatic heterocycles. The van der Waals surface area contributed by atoms with Crippen molar-refractivity contribution in [2.75, 3.05) is 19.8 Å². The average Bonchev–Trinajstić information content (AvgIpc) is 2.86. The van der Waals surface area contributed by atoms with Crippen molar-refractivity contribution >= 4 is 25.0 Å². The van der Waals surface area contributed by atoms with E-state index in [-0.39, 0.29) is 28.4 Å². The minimum Gasteiger partial charge on any atom is -0.486 e. The van der Waals surface area contributed by atoms with E-state index in [2.05, 4.69) is 57.0 Å². The van der Waals surface area contributed by atoms with Crippen LogP contribution in [0.4, 0.5) is 0 Å². The summed E-state index contributed by atoms with van der Waals surface area (Å²) in [4.78, 5) is 36.5. The number of nitrogens with zero attached hydrogens (tertiary/aromatic N) is 2. The molecule has 3 rings (SSSR count). The van der Waals surface area contributed by atoms with Gasteiger partial charge in [0, 0.05) is 19.0 Å². The Kier molecular flexibility index (Phi) is 10.1. The number of aromatic amines is 1. The third-order valence-corrected chi connectivity index (χ3v) is 12.1. The van der Waals surface area contributed by atoms with Crippen LogP contribution >= 0.6 is 0 Å². The van der Waals surface area contributed by atoms with Gasteiger partial charge < -0.3 is 19.0 Å². The molecule has 1 heterocycles. The molecule has 8 heteroatoms. The van der Waals surface area contributed by atoms with Gasteiger partial charge >= 0.3 is 0 Å². The number of rotatable bonds is 12. The van der Waals surface area contributed by atoms with Gasteiger partial charge in [0.25, 0.3) is 11.5 Å². The Morgan fingerprint density at radius 2 is 1.77 bits per heavy atom. The van der Waals surface area contributed by atoms with Crippen molar-refractivity contribution in [3.8, 4) is 5.75 Å². The van der Waals surface area contributed by atoms with E-state index in [0.29, 0.717) is 32.0 Å². The zero-order chi connectivity index (χ0) is 28.8. The van der Waals surface area contributed by atoms with Gasteiger partial charge in [0.05, 0.1) is 13.2 Å². The van der Waals surface area contributed by atoms with Crippen LogP contribution in [0.25, 0.3) is 10.8 Å². The standard InChI is InChI=1S/C31H45N3O4Si/c1-9-10-19-37-28-27(30(36)34(22(2)3)18-20-38-39(7,8)31(4,5)6)32-26(33-29(28)35)21-24-16-13-15-23-14-11-12-17-25(23)24/h11-17,22H,9-10,18-21H2,1-8H3,(H,32,33,35). The number of carbonyl (C=O) groups excluding carboxylic acids is 1. The summed E-state index contributed by atoms with van der Waals surface area (Å²) < 4.78 is 12.2. The lowest BCUT2D eigenvalue weighted by Crippen LogP contribution is -2.45. The maximum Gasteiger partial charge on any atom is 0.294 e. The summed E-state index contributed by atoms with van der Waals surface area (Å²) in [6, 6.07) is 14.1. The minimum atomic E-state index is -1.97. The second-order valence-corrected chi connectivity index (χ2v) is 16.7. The first-order valence-corrected chi connectivity index (χ1v) is 16.9. The molecule has 0 atom stereocenters. The topological polar surface area (TPSA) is 84.5 Å². The molecule has 1 amide bonds. The molecule has 0 bridgehead atoms. The molecule has 0 spiro atoms. The van der Waals surface area contributed by atoms with Crippen molar-refractivity contribution in [1.29, 1.82) is 0 Å². The number of hydrogen-bond donors (Lipinski definition) is 1. The molecule has 0 radical (unpaired) electrons. The summed E-state index contributed by atoms with van der Waals surface area (Å²) >= 11 is 0. The molecule has 0 saturated carbocycles. The summed E-state index contributed by atoms with van der Waals surface area (Å²) in [5, 5.41) is 2.27. The molecule has 212 valence electrons. The summed E-state index contributed by atoms with van der Waals surface area (Å²) in [6.07, 6.45) is 2.08. The van der Waals surface area contributed by atoms with Crippen LogP contribution < -0.4 is 10.3 Å². The second-order valence-electron chi connectivity index (χ2n) is 11.9. The molecule has 7 nitrogen and oxygen atoms in total. The quantitative estimate of drug-likeness (QED) is 0.203. The number of hydrogen-bond acceptors (Lipinski definition) is 5. The molecule has 0 fully saturated rings. The highest BCUT2D eigenvalue weighted by Crippen LogP contribution is 2.36.